The number of nitrogens with zero attached hydrogens (tertiary/aromatic N) is 3. The highest BCUT2D eigenvalue weighted by molar-refractivity contribution is 4.45. The topological polar surface area (TPSA) is 67.2 Å². The summed E-state index contributed by atoms with van der Waals surface area (Å²) in [5.74, 6) is 0. The van der Waals surface area contributed by atoms with Crippen LogP contribution >= 0.6 is 0 Å². The highest BCUT2D eigenvalue weighted by atomic mass is 16.5. The molecule has 0 amide bonds. The van der Waals surface area contributed by atoms with E-state index in [4.69, 9.17) is 15.0 Å². The first-order chi connectivity index (χ1) is 5.41. The third kappa shape index (κ3) is 9.23. The van der Waals surface area contributed by atoms with E-state index in [1.54, 1.807) is 7.11 Å². The molecule has 11 heavy (non-hydrogen) atoms. The van der Waals surface area contributed by atoms with Gasteiger partial charge in [0.25, 0.3) is 0 Å². The van der Waals surface area contributed by atoms with Crippen LogP contribution in [0.1, 0.15) is 6.42 Å². The van der Waals surface area contributed by atoms with E-state index in [9.17, 15) is 0 Å². The summed E-state index contributed by atoms with van der Waals surface area (Å²) in [4.78, 5) is 2.61. The quantitative estimate of drug-likeness (QED) is 0.243. The van der Waals surface area contributed by atoms with Crippen LogP contribution in [0.4, 0.5) is 0 Å². The van der Waals surface area contributed by atoms with Crippen molar-refractivity contribution in [2.75, 3.05) is 33.5 Å². The van der Waals surface area contributed by atoms with Gasteiger partial charge in [-0.1, -0.05) is 5.11 Å². The standard InChI is InChI=1S/C6H13N3O2/c1-10-5-6-11-4-2-3-8-9-7/h2-6H2,1H3. The summed E-state index contributed by atoms with van der Waals surface area (Å²) in [6.07, 6.45) is 0.772. The van der Waals surface area contributed by atoms with Crippen molar-refractivity contribution in [1.82, 2.24) is 0 Å². The summed E-state index contributed by atoms with van der Waals surface area (Å²) in [6.45, 7) is 2.35. The van der Waals surface area contributed by atoms with Gasteiger partial charge >= 0.3 is 0 Å². The van der Waals surface area contributed by atoms with Gasteiger partial charge in [-0.3, -0.25) is 0 Å². The Kier molecular flexibility index (Phi) is 8.58. The summed E-state index contributed by atoms with van der Waals surface area (Å²) in [5.41, 5.74) is 7.90. The molecule has 0 aromatic carbocycles. The molecule has 0 aromatic heterocycles. The number of ether oxygens (including phenoxy) is 2. The van der Waals surface area contributed by atoms with Crippen LogP contribution in [0.3, 0.4) is 0 Å². The van der Waals surface area contributed by atoms with Crippen molar-refractivity contribution in [2.24, 2.45) is 5.11 Å². The van der Waals surface area contributed by atoms with Gasteiger partial charge in [0, 0.05) is 25.2 Å². The summed E-state index contributed by atoms with van der Waals surface area (Å²) < 4.78 is 9.87. The maximum absolute atomic E-state index is 7.90. The molecule has 0 saturated carbocycles. The molecular weight excluding hydrogens is 146 g/mol. The Morgan fingerprint density at radius 3 is 2.82 bits per heavy atom. The highest BCUT2D eigenvalue weighted by Gasteiger charge is 1.86. The lowest BCUT2D eigenvalue weighted by Crippen LogP contribution is -2.03. The minimum Gasteiger partial charge on any atom is -0.382 e. The van der Waals surface area contributed by atoms with Crippen molar-refractivity contribution in [2.45, 2.75) is 6.42 Å². The fourth-order valence-corrected chi connectivity index (χ4v) is 0.526. The van der Waals surface area contributed by atoms with E-state index in [1.165, 1.54) is 0 Å². The number of rotatable bonds is 7. The van der Waals surface area contributed by atoms with Gasteiger partial charge in [0.15, 0.2) is 0 Å². The zero-order valence-corrected chi connectivity index (χ0v) is 6.69. The van der Waals surface area contributed by atoms with Crippen molar-refractivity contribution in [3.8, 4) is 0 Å². The van der Waals surface area contributed by atoms with Gasteiger partial charge in [0.1, 0.15) is 0 Å². The molecule has 64 valence electrons. The molecule has 0 bridgehead atoms. The first-order valence-corrected chi connectivity index (χ1v) is 3.49. The third-order valence-electron chi connectivity index (χ3n) is 1.04. The number of hydrogen-bond acceptors (Lipinski definition) is 3. The summed E-state index contributed by atoms with van der Waals surface area (Å²) in [5, 5.41) is 3.36. The zero-order chi connectivity index (χ0) is 8.36. The SMILES string of the molecule is COCCOCCCN=[N+]=[N-]. The third-order valence-corrected chi connectivity index (χ3v) is 1.04. The van der Waals surface area contributed by atoms with Crippen molar-refractivity contribution in [3.63, 3.8) is 0 Å². The van der Waals surface area contributed by atoms with E-state index >= 15 is 0 Å². The van der Waals surface area contributed by atoms with Gasteiger partial charge in [-0.05, 0) is 12.0 Å². The maximum atomic E-state index is 7.90. The Morgan fingerprint density at radius 1 is 1.36 bits per heavy atom. The zero-order valence-electron chi connectivity index (χ0n) is 6.69. The molecule has 5 nitrogen and oxygen atoms in total. The first-order valence-electron chi connectivity index (χ1n) is 3.49. The second-order valence-corrected chi connectivity index (χ2v) is 1.91. The minimum absolute atomic E-state index is 0.503. The van der Waals surface area contributed by atoms with Crippen molar-refractivity contribution in [3.05, 3.63) is 10.4 Å². The lowest BCUT2D eigenvalue weighted by molar-refractivity contribution is 0.0702. The monoisotopic (exact) mass is 159 g/mol. The van der Waals surface area contributed by atoms with Crippen molar-refractivity contribution in [1.29, 1.82) is 0 Å². The lowest BCUT2D eigenvalue weighted by atomic mass is 10.5. The average Bonchev–Trinajstić information content (AvgIpc) is 2.03. The van der Waals surface area contributed by atoms with E-state index in [1.807, 2.05) is 0 Å². The van der Waals surface area contributed by atoms with E-state index in [-0.39, 0.29) is 0 Å². The average molecular weight is 159 g/mol. The number of hydrogen-bond donors (Lipinski definition) is 0. The molecular formula is C6H13N3O2. The van der Waals surface area contributed by atoms with Gasteiger partial charge in [-0.2, -0.15) is 0 Å². The van der Waals surface area contributed by atoms with Gasteiger partial charge in [-0.25, -0.2) is 0 Å². The van der Waals surface area contributed by atoms with E-state index in [0.29, 0.717) is 26.4 Å². The smallest absolute Gasteiger partial charge is 0.0700 e. The number of methoxy groups -OCH3 is 1. The van der Waals surface area contributed by atoms with Crippen LogP contribution in [-0.2, 0) is 9.47 Å². The lowest BCUT2D eigenvalue weighted by Gasteiger charge is -2.00. The van der Waals surface area contributed by atoms with Crippen LogP contribution in [0.15, 0.2) is 5.11 Å². The largest absolute Gasteiger partial charge is 0.382 e. The second kappa shape index (κ2) is 9.23. The predicted molar refractivity (Wildman–Crippen MR) is 41.3 cm³/mol. The van der Waals surface area contributed by atoms with E-state index in [0.717, 1.165) is 6.42 Å². The Morgan fingerprint density at radius 2 is 2.18 bits per heavy atom. The van der Waals surface area contributed by atoms with E-state index < -0.39 is 0 Å². The fourth-order valence-electron chi connectivity index (χ4n) is 0.526. The van der Waals surface area contributed by atoms with Crippen LogP contribution < -0.4 is 0 Å². The Bertz CT molecular complexity index is 123. The fraction of sp³-hybridized carbons (Fsp3) is 1.00. The molecule has 0 aliphatic rings. The molecule has 0 aliphatic carbocycles. The van der Waals surface area contributed by atoms with Crippen LogP contribution in [0.25, 0.3) is 10.4 Å². The summed E-state index contributed by atoms with van der Waals surface area (Å²) in [7, 11) is 1.63. The van der Waals surface area contributed by atoms with Crippen molar-refractivity contribution < 1.29 is 9.47 Å². The first kappa shape index (κ1) is 10.2. The van der Waals surface area contributed by atoms with Crippen LogP contribution in [0.5, 0.6) is 0 Å². The molecule has 0 rings (SSSR count). The van der Waals surface area contributed by atoms with Gasteiger partial charge in [-0.15, -0.1) is 0 Å². The molecule has 0 fully saturated rings. The molecule has 0 spiro atoms. The molecule has 0 atom stereocenters. The Labute approximate surface area is 65.9 Å². The molecule has 0 heterocycles. The van der Waals surface area contributed by atoms with Gasteiger partial charge < -0.3 is 9.47 Å². The molecule has 0 aromatic rings. The molecule has 0 aliphatic heterocycles. The van der Waals surface area contributed by atoms with Crippen LogP contribution in [-0.4, -0.2) is 33.5 Å². The number of azide groups is 1. The maximum Gasteiger partial charge on any atom is 0.0700 e. The Hall–Kier alpha value is -0.770. The van der Waals surface area contributed by atoms with Crippen molar-refractivity contribution >= 4 is 0 Å². The highest BCUT2D eigenvalue weighted by Crippen LogP contribution is 1.84. The molecule has 0 saturated heterocycles. The molecule has 5 heteroatoms. The Balaban J connectivity index is 2.84. The molecule has 0 radical (unpaired) electrons. The molecule has 0 unspecified atom stereocenters. The van der Waals surface area contributed by atoms with E-state index in [2.05, 4.69) is 10.0 Å². The summed E-state index contributed by atoms with van der Waals surface area (Å²) in [6, 6.07) is 0. The minimum atomic E-state index is 0.503. The normalized spacial score (nSPS) is 9.18. The molecule has 0 N–H and O–H groups in total. The van der Waals surface area contributed by atoms with Gasteiger partial charge in [0.2, 0.25) is 0 Å². The predicted octanol–water partition coefficient (Wildman–Crippen LogP) is 1.35. The van der Waals surface area contributed by atoms with Crippen LogP contribution in [0, 0.1) is 0 Å². The summed E-state index contributed by atoms with van der Waals surface area (Å²) >= 11 is 0. The van der Waals surface area contributed by atoms with Gasteiger partial charge in [0.05, 0.1) is 13.2 Å². The van der Waals surface area contributed by atoms with Crippen LogP contribution in [0.2, 0.25) is 0 Å². The second-order valence-electron chi connectivity index (χ2n) is 1.91.